The number of aromatic nitrogens is 2. The lowest BCUT2D eigenvalue weighted by Crippen LogP contribution is -2.23. The summed E-state index contributed by atoms with van der Waals surface area (Å²) in [5.74, 6) is 1.07. The predicted molar refractivity (Wildman–Crippen MR) is 94.8 cm³/mol. The van der Waals surface area contributed by atoms with Crippen molar-refractivity contribution in [2.75, 3.05) is 0 Å². The maximum atomic E-state index is 12.5. The summed E-state index contributed by atoms with van der Waals surface area (Å²) in [4.78, 5) is 17.7. The van der Waals surface area contributed by atoms with Gasteiger partial charge >= 0.3 is 0 Å². The Bertz CT molecular complexity index is 866. The van der Waals surface area contributed by atoms with Gasteiger partial charge in [-0.25, -0.2) is 4.98 Å². The van der Waals surface area contributed by atoms with Crippen molar-refractivity contribution < 1.29 is 14.1 Å². The highest BCUT2D eigenvalue weighted by molar-refractivity contribution is 7.11. The minimum Gasteiger partial charge on any atom is -0.488 e. The second kappa shape index (κ2) is 7.48. The van der Waals surface area contributed by atoms with Gasteiger partial charge in [-0.3, -0.25) is 4.79 Å². The number of benzene rings is 1. The van der Waals surface area contributed by atoms with E-state index < -0.39 is 0 Å². The van der Waals surface area contributed by atoms with Gasteiger partial charge in [-0.15, -0.1) is 11.3 Å². The SMILES string of the molecule is Cc1ncc(CNC(=O)c2ccccc2OCc2c(C)noc2C)s1. The molecular weight excluding hydrogens is 338 g/mol. The highest BCUT2D eigenvalue weighted by atomic mass is 32.1. The van der Waals surface area contributed by atoms with Gasteiger partial charge in [-0.05, 0) is 32.9 Å². The van der Waals surface area contributed by atoms with Crippen LogP contribution in [0.15, 0.2) is 35.0 Å². The molecular formula is C18H19N3O3S. The maximum Gasteiger partial charge on any atom is 0.255 e. The number of aryl methyl sites for hydroxylation is 3. The number of ether oxygens (including phenoxy) is 1. The molecule has 0 aliphatic heterocycles. The molecule has 3 aromatic rings. The van der Waals surface area contributed by atoms with Crippen LogP contribution in [0.3, 0.4) is 0 Å². The minimum absolute atomic E-state index is 0.180. The lowest BCUT2D eigenvalue weighted by Gasteiger charge is -2.11. The summed E-state index contributed by atoms with van der Waals surface area (Å²) in [6.07, 6.45) is 1.78. The molecule has 7 heteroatoms. The first-order valence-electron chi connectivity index (χ1n) is 7.87. The fourth-order valence-electron chi connectivity index (χ4n) is 2.39. The molecule has 3 rings (SSSR count). The third-order valence-electron chi connectivity index (χ3n) is 3.78. The van der Waals surface area contributed by atoms with Crippen molar-refractivity contribution in [2.45, 2.75) is 33.9 Å². The molecule has 0 aliphatic rings. The molecule has 0 saturated heterocycles. The normalized spacial score (nSPS) is 10.7. The van der Waals surface area contributed by atoms with Crippen molar-refractivity contribution in [3.63, 3.8) is 0 Å². The zero-order valence-corrected chi connectivity index (χ0v) is 15.1. The largest absolute Gasteiger partial charge is 0.488 e. The lowest BCUT2D eigenvalue weighted by atomic mass is 10.2. The number of nitrogens with one attached hydrogen (secondary N) is 1. The van der Waals surface area contributed by atoms with Crippen LogP contribution in [0.1, 0.15) is 37.3 Å². The number of hydrogen-bond acceptors (Lipinski definition) is 6. The molecule has 0 spiro atoms. The zero-order chi connectivity index (χ0) is 17.8. The molecule has 1 amide bonds. The summed E-state index contributed by atoms with van der Waals surface area (Å²) < 4.78 is 11.0. The van der Waals surface area contributed by atoms with Gasteiger partial charge in [-0.2, -0.15) is 0 Å². The molecule has 25 heavy (non-hydrogen) atoms. The summed E-state index contributed by atoms with van der Waals surface area (Å²) >= 11 is 1.57. The maximum absolute atomic E-state index is 12.5. The van der Waals surface area contributed by atoms with Crippen LogP contribution >= 0.6 is 11.3 Å². The van der Waals surface area contributed by atoms with Gasteiger partial charge in [0.25, 0.3) is 5.91 Å². The van der Waals surface area contributed by atoms with E-state index in [1.165, 1.54) is 0 Å². The molecule has 0 fully saturated rings. The van der Waals surface area contributed by atoms with E-state index in [-0.39, 0.29) is 5.91 Å². The van der Waals surface area contributed by atoms with Crippen molar-refractivity contribution in [3.8, 4) is 5.75 Å². The number of para-hydroxylation sites is 1. The van der Waals surface area contributed by atoms with Gasteiger partial charge in [-0.1, -0.05) is 17.3 Å². The Balaban J connectivity index is 1.68. The topological polar surface area (TPSA) is 77.2 Å². The number of hydrogen-bond donors (Lipinski definition) is 1. The quantitative estimate of drug-likeness (QED) is 0.730. The Labute approximate surface area is 149 Å². The third-order valence-corrected chi connectivity index (χ3v) is 4.69. The van der Waals surface area contributed by atoms with Gasteiger partial charge < -0.3 is 14.6 Å². The molecule has 0 unspecified atom stereocenters. The van der Waals surface area contributed by atoms with E-state index in [0.717, 1.165) is 26.9 Å². The number of carbonyl (C=O) groups excluding carboxylic acids is 1. The van der Waals surface area contributed by atoms with Crippen LogP contribution < -0.4 is 10.1 Å². The Kier molecular flexibility index (Phi) is 5.14. The van der Waals surface area contributed by atoms with Gasteiger partial charge in [0.1, 0.15) is 18.1 Å². The average molecular weight is 357 g/mol. The van der Waals surface area contributed by atoms with Crippen molar-refractivity contribution in [2.24, 2.45) is 0 Å². The van der Waals surface area contributed by atoms with E-state index in [4.69, 9.17) is 9.26 Å². The first-order chi connectivity index (χ1) is 12.0. The molecule has 2 aromatic heterocycles. The van der Waals surface area contributed by atoms with Crippen molar-refractivity contribution >= 4 is 17.2 Å². The molecule has 1 N–H and O–H groups in total. The smallest absolute Gasteiger partial charge is 0.255 e. The molecule has 0 aliphatic carbocycles. The summed E-state index contributed by atoms with van der Waals surface area (Å²) in [5.41, 5.74) is 2.19. The molecule has 130 valence electrons. The monoisotopic (exact) mass is 357 g/mol. The Morgan fingerprint density at radius 2 is 2.08 bits per heavy atom. The summed E-state index contributed by atoms with van der Waals surface area (Å²) in [7, 11) is 0. The molecule has 0 bridgehead atoms. The van der Waals surface area contributed by atoms with E-state index in [1.54, 1.807) is 29.7 Å². The van der Waals surface area contributed by atoms with E-state index in [1.807, 2.05) is 32.9 Å². The standard InChI is InChI=1S/C18H19N3O3S/c1-11-16(12(2)24-21-11)10-23-17-7-5-4-6-15(17)18(22)20-9-14-8-19-13(3)25-14/h4-8H,9-10H2,1-3H3,(H,20,22). The van der Waals surface area contributed by atoms with E-state index in [0.29, 0.717) is 24.5 Å². The molecule has 2 heterocycles. The molecule has 0 saturated carbocycles. The van der Waals surface area contributed by atoms with Crippen LogP contribution in [0.25, 0.3) is 0 Å². The highest BCUT2D eigenvalue weighted by Gasteiger charge is 2.15. The van der Waals surface area contributed by atoms with Gasteiger partial charge in [0.2, 0.25) is 0 Å². The molecule has 1 aromatic carbocycles. The van der Waals surface area contributed by atoms with Crippen LogP contribution in [0.5, 0.6) is 5.75 Å². The van der Waals surface area contributed by atoms with E-state index >= 15 is 0 Å². The van der Waals surface area contributed by atoms with Crippen LogP contribution in [0.2, 0.25) is 0 Å². The summed E-state index contributed by atoms with van der Waals surface area (Å²) in [6, 6.07) is 7.18. The van der Waals surface area contributed by atoms with Crippen molar-refractivity contribution in [1.29, 1.82) is 0 Å². The number of amides is 1. The van der Waals surface area contributed by atoms with Crippen molar-refractivity contribution in [1.82, 2.24) is 15.5 Å². The van der Waals surface area contributed by atoms with Crippen LogP contribution in [0.4, 0.5) is 0 Å². The summed E-state index contributed by atoms with van der Waals surface area (Å²) in [5, 5.41) is 7.80. The fraction of sp³-hybridized carbons (Fsp3) is 0.278. The lowest BCUT2D eigenvalue weighted by molar-refractivity contribution is 0.0946. The fourth-order valence-corrected chi connectivity index (χ4v) is 3.12. The second-order valence-corrected chi connectivity index (χ2v) is 6.94. The van der Waals surface area contributed by atoms with Crippen LogP contribution in [-0.2, 0) is 13.2 Å². The van der Waals surface area contributed by atoms with Gasteiger partial charge in [0.15, 0.2) is 0 Å². The number of rotatable bonds is 6. The van der Waals surface area contributed by atoms with E-state index in [2.05, 4.69) is 15.5 Å². The molecule has 0 atom stereocenters. The zero-order valence-electron chi connectivity index (χ0n) is 14.3. The molecule has 6 nitrogen and oxygen atoms in total. The van der Waals surface area contributed by atoms with Gasteiger partial charge in [0.05, 0.1) is 28.4 Å². The highest BCUT2D eigenvalue weighted by Crippen LogP contribution is 2.22. The molecule has 0 radical (unpaired) electrons. The number of thiazole rings is 1. The van der Waals surface area contributed by atoms with E-state index in [9.17, 15) is 4.79 Å². The average Bonchev–Trinajstić information content (AvgIpc) is 3.17. The number of nitrogens with zero attached hydrogens (tertiary/aromatic N) is 2. The van der Waals surface area contributed by atoms with Crippen LogP contribution in [0, 0.1) is 20.8 Å². The second-order valence-electron chi connectivity index (χ2n) is 5.62. The Morgan fingerprint density at radius 1 is 1.28 bits per heavy atom. The minimum atomic E-state index is -0.180. The summed E-state index contributed by atoms with van der Waals surface area (Å²) in [6.45, 7) is 6.40. The number of carbonyl (C=O) groups is 1. The first-order valence-corrected chi connectivity index (χ1v) is 8.69. The third kappa shape index (κ3) is 4.06. The van der Waals surface area contributed by atoms with Crippen LogP contribution in [-0.4, -0.2) is 16.0 Å². The first kappa shape index (κ1) is 17.2. The Hall–Kier alpha value is -2.67. The van der Waals surface area contributed by atoms with Crippen molar-refractivity contribution in [3.05, 3.63) is 62.9 Å². The van der Waals surface area contributed by atoms with Gasteiger partial charge in [0, 0.05) is 11.1 Å². The predicted octanol–water partition coefficient (Wildman–Crippen LogP) is 3.57. The Morgan fingerprint density at radius 3 is 2.76 bits per heavy atom.